The Bertz CT molecular complexity index is 409. The van der Waals surface area contributed by atoms with Gasteiger partial charge in [-0.25, -0.2) is 4.79 Å². The van der Waals surface area contributed by atoms with Gasteiger partial charge >= 0.3 is 5.97 Å². The van der Waals surface area contributed by atoms with Gasteiger partial charge in [0.1, 0.15) is 0 Å². The van der Waals surface area contributed by atoms with E-state index in [0.717, 1.165) is 0 Å². The molecular formula is C9H5Br3O3. The molecule has 0 unspecified atom stereocenters. The zero-order valence-electron chi connectivity index (χ0n) is 7.21. The molecule has 0 aliphatic carbocycles. The summed E-state index contributed by atoms with van der Waals surface area (Å²) in [7, 11) is 0. The van der Waals surface area contributed by atoms with Gasteiger partial charge in [0.25, 0.3) is 0 Å². The fraction of sp³-hybridized carbons (Fsp3) is 0.111. The van der Waals surface area contributed by atoms with Crippen molar-refractivity contribution < 1.29 is 14.7 Å². The highest BCUT2D eigenvalue weighted by Crippen LogP contribution is 2.37. The van der Waals surface area contributed by atoms with E-state index in [0.29, 0.717) is 0 Å². The first-order valence-corrected chi connectivity index (χ1v) is 6.16. The molecule has 80 valence electrons. The fourth-order valence-corrected chi connectivity index (χ4v) is 1.66. The van der Waals surface area contributed by atoms with Gasteiger partial charge in [-0.15, -0.1) is 0 Å². The molecular weight excluding hydrogens is 396 g/mol. The van der Waals surface area contributed by atoms with E-state index >= 15 is 0 Å². The monoisotopic (exact) mass is 398 g/mol. The number of rotatable bonds is 2. The first kappa shape index (κ1) is 12.9. The van der Waals surface area contributed by atoms with Crippen LogP contribution in [-0.2, 0) is 0 Å². The summed E-state index contributed by atoms with van der Waals surface area (Å²) < 4.78 is -1.13. The van der Waals surface area contributed by atoms with Crippen LogP contribution in [0.4, 0.5) is 0 Å². The highest BCUT2D eigenvalue weighted by molar-refractivity contribution is 9.40. The van der Waals surface area contributed by atoms with Gasteiger partial charge in [0.2, 0.25) is 5.78 Å². The molecule has 0 saturated carbocycles. The Morgan fingerprint density at radius 2 is 1.53 bits per heavy atom. The highest BCUT2D eigenvalue weighted by Gasteiger charge is 2.32. The number of aromatic carboxylic acids is 1. The van der Waals surface area contributed by atoms with E-state index in [9.17, 15) is 9.59 Å². The van der Waals surface area contributed by atoms with Gasteiger partial charge in [0, 0.05) is 5.56 Å². The predicted molar refractivity (Wildman–Crippen MR) is 67.2 cm³/mol. The summed E-state index contributed by atoms with van der Waals surface area (Å²) in [4.78, 5) is 22.6. The Hall–Kier alpha value is -0.200. The van der Waals surface area contributed by atoms with Crippen molar-refractivity contribution in [3.05, 3.63) is 35.4 Å². The second kappa shape index (κ2) is 4.76. The van der Waals surface area contributed by atoms with Crippen LogP contribution in [0.15, 0.2) is 24.3 Å². The molecule has 0 heterocycles. The minimum atomic E-state index is -1.13. The van der Waals surface area contributed by atoms with Crippen molar-refractivity contribution in [3.63, 3.8) is 0 Å². The van der Waals surface area contributed by atoms with Gasteiger partial charge in [-0.2, -0.15) is 0 Å². The van der Waals surface area contributed by atoms with E-state index < -0.39 is 13.9 Å². The third-order valence-corrected chi connectivity index (χ3v) is 2.74. The Morgan fingerprint density at radius 3 is 1.93 bits per heavy atom. The standard InChI is InChI=1S/C9H5Br3O3/c10-9(11,12)7(13)5-3-1-2-4-6(5)8(14)15/h1-4H,(H,14,15). The van der Waals surface area contributed by atoms with E-state index in [1.807, 2.05) is 0 Å². The molecule has 0 amide bonds. The second-order valence-electron chi connectivity index (χ2n) is 2.68. The molecule has 6 heteroatoms. The topological polar surface area (TPSA) is 54.4 Å². The largest absolute Gasteiger partial charge is 0.478 e. The lowest BCUT2D eigenvalue weighted by Gasteiger charge is -2.12. The molecule has 0 aliphatic rings. The van der Waals surface area contributed by atoms with Crippen molar-refractivity contribution >= 4 is 59.5 Å². The highest BCUT2D eigenvalue weighted by atomic mass is 80.0. The predicted octanol–water partition coefficient (Wildman–Crippen LogP) is 3.41. The molecule has 0 saturated heterocycles. The third kappa shape index (κ3) is 3.12. The first-order valence-electron chi connectivity index (χ1n) is 3.78. The number of carbonyl (C=O) groups is 2. The molecule has 0 aliphatic heterocycles. The lowest BCUT2D eigenvalue weighted by molar-refractivity contribution is 0.0692. The van der Waals surface area contributed by atoms with Crippen molar-refractivity contribution in [2.75, 3.05) is 0 Å². The molecule has 0 radical (unpaired) electrons. The molecule has 0 bridgehead atoms. The maximum Gasteiger partial charge on any atom is 0.336 e. The van der Waals surface area contributed by atoms with Crippen LogP contribution < -0.4 is 0 Å². The number of benzene rings is 1. The van der Waals surface area contributed by atoms with Crippen LogP contribution >= 0.6 is 47.8 Å². The lowest BCUT2D eigenvalue weighted by atomic mass is 10.0. The van der Waals surface area contributed by atoms with Gasteiger partial charge in [-0.05, 0) is 6.07 Å². The van der Waals surface area contributed by atoms with E-state index in [1.165, 1.54) is 12.1 Å². The summed E-state index contributed by atoms with van der Waals surface area (Å²) in [6.45, 7) is 0. The maximum absolute atomic E-state index is 11.8. The van der Waals surface area contributed by atoms with Crippen LogP contribution in [0.1, 0.15) is 20.7 Å². The Balaban J connectivity index is 3.26. The number of ketones is 1. The van der Waals surface area contributed by atoms with Gasteiger partial charge < -0.3 is 5.11 Å². The second-order valence-corrected chi connectivity index (χ2v) is 9.44. The van der Waals surface area contributed by atoms with Gasteiger partial charge in [0.15, 0.2) is 2.14 Å². The fourth-order valence-electron chi connectivity index (χ4n) is 1.02. The number of carboxylic acid groups (broad SMARTS) is 1. The smallest absolute Gasteiger partial charge is 0.336 e. The Morgan fingerprint density at radius 1 is 1.07 bits per heavy atom. The zero-order valence-corrected chi connectivity index (χ0v) is 12.0. The summed E-state index contributed by atoms with van der Waals surface area (Å²) in [5, 5.41) is 8.88. The molecule has 0 spiro atoms. The average Bonchev–Trinajstić information content (AvgIpc) is 2.15. The zero-order chi connectivity index (χ0) is 11.6. The lowest BCUT2D eigenvalue weighted by Crippen LogP contribution is -2.20. The van der Waals surface area contributed by atoms with Gasteiger partial charge in [-0.3, -0.25) is 4.79 Å². The summed E-state index contributed by atoms with van der Waals surface area (Å²) in [5.41, 5.74) is 0.112. The number of alkyl halides is 3. The quantitative estimate of drug-likeness (QED) is 0.611. The molecule has 1 rings (SSSR count). The van der Waals surface area contributed by atoms with E-state index in [-0.39, 0.29) is 11.1 Å². The van der Waals surface area contributed by atoms with Crippen molar-refractivity contribution in [2.45, 2.75) is 2.14 Å². The molecule has 0 fully saturated rings. The molecule has 3 nitrogen and oxygen atoms in total. The number of hydrogen-bond donors (Lipinski definition) is 1. The van der Waals surface area contributed by atoms with E-state index in [2.05, 4.69) is 47.8 Å². The summed E-state index contributed by atoms with van der Waals surface area (Å²) in [6.07, 6.45) is 0. The first-order chi connectivity index (χ1) is 6.84. The van der Waals surface area contributed by atoms with Crippen LogP contribution in [0.2, 0.25) is 0 Å². The number of hydrogen-bond acceptors (Lipinski definition) is 2. The van der Waals surface area contributed by atoms with Gasteiger partial charge in [-0.1, -0.05) is 66.0 Å². The molecule has 15 heavy (non-hydrogen) atoms. The van der Waals surface area contributed by atoms with Crippen LogP contribution in [0.5, 0.6) is 0 Å². The van der Waals surface area contributed by atoms with Crippen molar-refractivity contribution in [1.82, 2.24) is 0 Å². The summed E-state index contributed by atoms with van der Waals surface area (Å²) in [5.74, 6) is -1.53. The van der Waals surface area contributed by atoms with Crippen molar-refractivity contribution in [1.29, 1.82) is 0 Å². The molecule has 1 aromatic rings. The average molecular weight is 401 g/mol. The molecule has 1 aromatic carbocycles. The summed E-state index contributed by atoms with van der Waals surface area (Å²) >= 11 is 9.16. The Labute approximate surface area is 111 Å². The SMILES string of the molecule is O=C(O)c1ccccc1C(=O)C(Br)(Br)Br. The van der Waals surface area contributed by atoms with Crippen LogP contribution in [0.3, 0.4) is 0 Å². The van der Waals surface area contributed by atoms with Crippen molar-refractivity contribution in [2.24, 2.45) is 0 Å². The number of Topliss-reactive ketones (excluding diaryl/α,β-unsaturated/α-hetero) is 1. The molecule has 0 atom stereocenters. The van der Waals surface area contributed by atoms with Gasteiger partial charge in [0.05, 0.1) is 5.56 Å². The van der Waals surface area contributed by atoms with E-state index in [4.69, 9.17) is 5.11 Å². The minimum Gasteiger partial charge on any atom is -0.478 e. The number of carbonyl (C=O) groups excluding carboxylic acids is 1. The number of carboxylic acids is 1. The normalized spacial score (nSPS) is 11.1. The summed E-state index contributed by atoms with van der Waals surface area (Å²) in [6, 6.07) is 6.02. The maximum atomic E-state index is 11.8. The van der Waals surface area contributed by atoms with E-state index in [1.54, 1.807) is 12.1 Å². The minimum absolute atomic E-state index is 0.0229. The number of halogens is 3. The third-order valence-electron chi connectivity index (χ3n) is 1.66. The van der Waals surface area contributed by atoms with Crippen LogP contribution in [0.25, 0.3) is 0 Å². The molecule has 0 aromatic heterocycles. The van der Waals surface area contributed by atoms with Crippen LogP contribution in [-0.4, -0.2) is 19.0 Å². The molecule has 1 N–H and O–H groups in total. The Kier molecular flexibility index (Phi) is 4.08. The van der Waals surface area contributed by atoms with Crippen molar-refractivity contribution in [3.8, 4) is 0 Å². The van der Waals surface area contributed by atoms with Crippen LogP contribution in [0, 0.1) is 0 Å².